The molecule has 1 aromatic carbocycles. The third kappa shape index (κ3) is 4.70. The van der Waals surface area contributed by atoms with Crippen LogP contribution in [0.2, 0.25) is 0 Å². The molecule has 0 saturated heterocycles. The predicted octanol–water partition coefficient (Wildman–Crippen LogP) is 4.22. The lowest BCUT2D eigenvalue weighted by atomic mass is 9.91. The summed E-state index contributed by atoms with van der Waals surface area (Å²) in [6.45, 7) is 0. The van der Waals surface area contributed by atoms with Gasteiger partial charge < -0.3 is 5.11 Å². The largest absolute Gasteiger partial charge is 0.481 e. The minimum Gasteiger partial charge on any atom is -0.481 e. The Bertz CT molecular complexity index is 403. The molecule has 19 heavy (non-hydrogen) atoms. The zero-order chi connectivity index (χ0) is 13.5. The second-order valence-corrected chi connectivity index (χ2v) is 5.74. The number of hydrogen-bond donors (Lipinski definition) is 1. The van der Waals surface area contributed by atoms with Crippen LogP contribution >= 0.6 is 0 Å². The van der Waals surface area contributed by atoms with Crippen molar-refractivity contribution in [3.63, 3.8) is 0 Å². The van der Waals surface area contributed by atoms with Gasteiger partial charge in [0, 0.05) is 0 Å². The highest BCUT2D eigenvalue weighted by Crippen LogP contribution is 2.27. The van der Waals surface area contributed by atoms with E-state index in [1.807, 2.05) is 18.2 Å². The summed E-state index contributed by atoms with van der Waals surface area (Å²) in [6, 6.07) is 8.01. The van der Waals surface area contributed by atoms with Crippen LogP contribution in [0.25, 0.3) is 0 Å². The molecule has 2 heteroatoms. The first kappa shape index (κ1) is 14.1. The molecule has 0 aromatic heterocycles. The first-order valence-electron chi connectivity index (χ1n) is 7.54. The Kier molecular flexibility index (Phi) is 5.44. The Morgan fingerprint density at radius 2 is 1.68 bits per heavy atom. The average molecular weight is 260 g/mol. The van der Waals surface area contributed by atoms with Crippen molar-refractivity contribution < 1.29 is 9.90 Å². The van der Waals surface area contributed by atoms with Crippen molar-refractivity contribution >= 4 is 5.97 Å². The maximum Gasteiger partial charge on any atom is 0.307 e. The number of hydrogen-bond acceptors (Lipinski definition) is 1. The zero-order valence-corrected chi connectivity index (χ0v) is 11.6. The molecule has 0 heterocycles. The Morgan fingerprint density at radius 1 is 1.05 bits per heavy atom. The molecule has 1 saturated carbocycles. The Balaban J connectivity index is 1.92. The van der Waals surface area contributed by atoms with Gasteiger partial charge >= 0.3 is 5.97 Å². The van der Waals surface area contributed by atoms with Gasteiger partial charge in [0.2, 0.25) is 0 Å². The third-order valence-corrected chi connectivity index (χ3v) is 4.26. The SMILES string of the molecule is O=C(O)Cc1ccccc1CCC1CCCCCC1. The lowest BCUT2D eigenvalue weighted by Gasteiger charge is -2.15. The zero-order valence-electron chi connectivity index (χ0n) is 11.6. The fourth-order valence-electron chi connectivity index (χ4n) is 3.15. The highest BCUT2D eigenvalue weighted by Gasteiger charge is 2.13. The summed E-state index contributed by atoms with van der Waals surface area (Å²) in [5.41, 5.74) is 2.22. The van der Waals surface area contributed by atoms with E-state index in [0.717, 1.165) is 17.9 Å². The molecule has 1 aliphatic carbocycles. The molecule has 2 nitrogen and oxygen atoms in total. The molecular weight excluding hydrogens is 236 g/mol. The summed E-state index contributed by atoms with van der Waals surface area (Å²) in [4.78, 5) is 10.9. The van der Waals surface area contributed by atoms with Crippen LogP contribution in [0, 0.1) is 5.92 Å². The highest BCUT2D eigenvalue weighted by atomic mass is 16.4. The van der Waals surface area contributed by atoms with Gasteiger partial charge in [0.1, 0.15) is 0 Å². The topological polar surface area (TPSA) is 37.3 Å². The summed E-state index contributed by atoms with van der Waals surface area (Å²) in [7, 11) is 0. The Morgan fingerprint density at radius 3 is 2.32 bits per heavy atom. The van der Waals surface area contributed by atoms with Crippen LogP contribution in [0.5, 0.6) is 0 Å². The first-order valence-corrected chi connectivity index (χ1v) is 7.54. The Labute approximate surface area is 115 Å². The van der Waals surface area contributed by atoms with E-state index >= 15 is 0 Å². The van der Waals surface area contributed by atoms with Crippen LogP contribution in [-0.4, -0.2) is 11.1 Å². The average Bonchev–Trinajstić information content (AvgIpc) is 2.65. The summed E-state index contributed by atoms with van der Waals surface area (Å²) in [6.07, 6.45) is 10.7. The van der Waals surface area contributed by atoms with Crippen molar-refractivity contribution in [3.8, 4) is 0 Å². The van der Waals surface area contributed by atoms with Gasteiger partial charge in [0.05, 0.1) is 6.42 Å². The lowest BCUT2D eigenvalue weighted by molar-refractivity contribution is -0.136. The Hall–Kier alpha value is -1.31. The van der Waals surface area contributed by atoms with Crippen molar-refractivity contribution in [3.05, 3.63) is 35.4 Å². The normalized spacial score (nSPS) is 17.1. The molecule has 0 unspecified atom stereocenters. The highest BCUT2D eigenvalue weighted by molar-refractivity contribution is 5.70. The number of carboxylic acid groups (broad SMARTS) is 1. The van der Waals surface area contributed by atoms with Crippen molar-refractivity contribution in [2.45, 2.75) is 57.8 Å². The third-order valence-electron chi connectivity index (χ3n) is 4.26. The molecule has 1 aliphatic rings. The molecule has 0 spiro atoms. The van der Waals surface area contributed by atoms with E-state index in [9.17, 15) is 4.79 Å². The van der Waals surface area contributed by atoms with Crippen LogP contribution in [0.4, 0.5) is 0 Å². The fourth-order valence-corrected chi connectivity index (χ4v) is 3.15. The minimum absolute atomic E-state index is 0.154. The lowest BCUT2D eigenvalue weighted by Crippen LogP contribution is -2.06. The maximum absolute atomic E-state index is 10.9. The second kappa shape index (κ2) is 7.32. The number of aryl methyl sites for hydroxylation is 1. The number of carbonyl (C=O) groups is 1. The number of benzene rings is 1. The van der Waals surface area contributed by atoms with E-state index in [-0.39, 0.29) is 6.42 Å². The van der Waals surface area contributed by atoms with Crippen molar-refractivity contribution in [2.75, 3.05) is 0 Å². The van der Waals surface area contributed by atoms with Crippen LogP contribution < -0.4 is 0 Å². The quantitative estimate of drug-likeness (QED) is 0.805. The molecule has 2 rings (SSSR count). The van der Waals surface area contributed by atoms with Crippen molar-refractivity contribution in [1.29, 1.82) is 0 Å². The van der Waals surface area contributed by atoms with Gasteiger partial charge in [0.25, 0.3) is 0 Å². The number of carboxylic acids is 1. The van der Waals surface area contributed by atoms with Gasteiger partial charge in [-0.05, 0) is 29.9 Å². The molecule has 1 fully saturated rings. The van der Waals surface area contributed by atoms with Crippen LogP contribution in [-0.2, 0) is 17.6 Å². The maximum atomic E-state index is 10.9. The number of aliphatic carboxylic acids is 1. The van der Waals surface area contributed by atoms with Gasteiger partial charge in [-0.3, -0.25) is 4.79 Å². The summed E-state index contributed by atoms with van der Waals surface area (Å²) >= 11 is 0. The van der Waals surface area contributed by atoms with Gasteiger partial charge in [0.15, 0.2) is 0 Å². The molecule has 0 radical (unpaired) electrons. The molecule has 0 aliphatic heterocycles. The van der Waals surface area contributed by atoms with Gasteiger partial charge in [-0.15, -0.1) is 0 Å². The van der Waals surface area contributed by atoms with E-state index < -0.39 is 5.97 Å². The molecule has 104 valence electrons. The standard InChI is InChI=1S/C17H24O2/c18-17(19)13-16-10-6-5-9-15(16)12-11-14-7-3-1-2-4-8-14/h5-6,9-10,14H,1-4,7-8,11-13H2,(H,18,19). The van der Waals surface area contributed by atoms with E-state index in [1.54, 1.807) is 0 Å². The number of rotatable bonds is 5. The van der Waals surface area contributed by atoms with Gasteiger partial charge in [-0.2, -0.15) is 0 Å². The molecule has 0 amide bonds. The minimum atomic E-state index is -0.734. The molecule has 0 atom stereocenters. The summed E-state index contributed by atoms with van der Waals surface area (Å²) < 4.78 is 0. The fraction of sp³-hybridized carbons (Fsp3) is 0.588. The van der Waals surface area contributed by atoms with Crippen LogP contribution in [0.1, 0.15) is 56.1 Å². The first-order chi connectivity index (χ1) is 9.25. The monoisotopic (exact) mass is 260 g/mol. The summed E-state index contributed by atoms with van der Waals surface area (Å²) in [5, 5.41) is 8.95. The van der Waals surface area contributed by atoms with Gasteiger partial charge in [-0.1, -0.05) is 62.8 Å². The molecule has 0 bridgehead atoms. The van der Waals surface area contributed by atoms with Crippen molar-refractivity contribution in [2.24, 2.45) is 5.92 Å². The molecule has 1 aromatic rings. The molecule has 1 N–H and O–H groups in total. The summed E-state index contributed by atoms with van der Waals surface area (Å²) in [5.74, 6) is 0.113. The van der Waals surface area contributed by atoms with E-state index in [2.05, 4.69) is 6.07 Å². The van der Waals surface area contributed by atoms with E-state index in [0.29, 0.717) is 0 Å². The van der Waals surface area contributed by atoms with E-state index in [4.69, 9.17) is 5.11 Å². The van der Waals surface area contributed by atoms with Crippen LogP contribution in [0.15, 0.2) is 24.3 Å². The molecular formula is C17H24O2. The smallest absolute Gasteiger partial charge is 0.307 e. The van der Waals surface area contributed by atoms with Crippen molar-refractivity contribution in [1.82, 2.24) is 0 Å². The van der Waals surface area contributed by atoms with E-state index in [1.165, 1.54) is 50.5 Å². The second-order valence-electron chi connectivity index (χ2n) is 5.74. The predicted molar refractivity (Wildman–Crippen MR) is 77.3 cm³/mol. The van der Waals surface area contributed by atoms with Crippen LogP contribution in [0.3, 0.4) is 0 Å². The van der Waals surface area contributed by atoms with Gasteiger partial charge in [-0.25, -0.2) is 0 Å².